The Morgan fingerprint density at radius 2 is 2.41 bits per heavy atom. The summed E-state index contributed by atoms with van der Waals surface area (Å²) in [5.74, 6) is 0.266. The first-order chi connectivity index (χ1) is 10.8. The Bertz CT molecular complexity index is 669. The molecule has 2 aliphatic rings. The van der Waals surface area contributed by atoms with Crippen LogP contribution in [0.1, 0.15) is 34.1 Å². The molecule has 0 bridgehead atoms. The summed E-state index contributed by atoms with van der Waals surface area (Å²) in [7, 11) is 0. The zero-order valence-electron chi connectivity index (χ0n) is 12.5. The van der Waals surface area contributed by atoms with Crippen LogP contribution in [0.25, 0.3) is 0 Å². The summed E-state index contributed by atoms with van der Waals surface area (Å²) in [6, 6.07) is 2.01. The fourth-order valence-corrected chi connectivity index (χ4v) is 4.54. The van der Waals surface area contributed by atoms with Gasteiger partial charge >= 0.3 is 0 Å². The molecule has 1 atom stereocenters. The van der Waals surface area contributed by atoms with E-state index in [-0.39, 0.29) is 11.8 Å². The van der Waals surface area contributed by atoms with Crippen molar-refractivity contribution >= 4 is 17.2 Å². The van der Waals surface area contributed by atoms with Crippen molar-refractivity contribution in [3.63, 3.8) is 0 Å². The highest BCUT2D eigenvalue weighted by atomic mass is 32.1. The first kappa shape index (κ1) is 13.9. The topological polar surface area (TPSA) is 59.8 Å². The summed E-state index contributed by atoms with van der Waals surface area (Å²) in [5, 5.41) is 8.51. The lowest BCUT2D eigenvalue weighted by Gasteiger charge is -2.22. The quantitative estimate of drug-likeness (QED) is 0.935. The largest absolute Gasteiger partial charge is 0.355 e. The Balaban J connectivity index is 1.28. The van der Waals surface area contributed by atoms with Gasteiger partial charge in [0.05, 0.1) is 10.7 Å². The highest BCUT2D eigenvalue weighted by Crippen LogP contribution is 2.27. The molecular weight excluding hydrogens is 296 g/mol. The van der Waals surface area contributed by atoms with Crippen LogP contribution in [-0.4, -0.2) is 27.2 Å². The number of amides is 1. The summed E-state index contributed by atoms with van der Waals surface area (Å²) >= 11 is 1.83. The lowest BCUT2D eigenvalue weighted by molar-refractivity contribution is -0.125. The van der Waals surface area contributed by atoms with Crippen LogP contribution in [0.4, 0.5) is 0 Å². The smallest absolute Gasteiger partial charge is 0.223 e. The van der Waals surface area contributed by atoms with Crippen molar-refractivity contribution in [3.05, 3.63) is 33.5 Å². The van der Waals surface area contributed by atoms with Gasteiger partial charge in [0.1, 0.15) is 0 Å². The number of carbonyl (C=O) groups excluding carboxylic acids is 1. The fraction of sp³-hybridized carbons (Fsp3) is 0.562. The monoisotopic (exact) mass is 316 g/mol. The molecule has 2 aromatic rings. The molecule has 2 aromatic heterocycles. The van der Waals surface area contributed by atoms with Gasteiger partial charge in [0.25, 0.3) is 0 Å². The second kappa shape index (κ2) is 5.83. The van der Waals surface area contributed by atoms with Crippen molar-refractivity contribution in [2.75, 3.05) is 6.54 Å². The maximum Gasteiger partial charge on any atom is 0.223 e. The number of aryl methyl sites for hydroxylation is 3. The average molecular weight is 316 g/mol. The second-order valence-corrected chi connectivity index (χ2v) is 7.28. The van der Waals surface area contributed by atoms with Crippen LogP contribution >= 0.6 is 11.3 Å². The van der Waals surface area contributed by atoms with Crippen LogP contribution in [0, 0.1) is 5.92 Å². The van der Waals surface area contributed by atoms with Gasteiger partial charge < -0.3 is 5.32 Å². The third-order valence-corrected chi connectivity index (χ3v) is 5.82. The number of hydrogen-bond donors (Lipinski definition) is 1. The Hall–Kier alpha value is -1.69. The van der Waals surface area contributed by atoms with Gasteiger partial charge in [-0.15, -0.1) is 11.3 Å². The number of thiazole rings is 1. The maximum absolute atomic E-state index is 12.3. The van der Waals surface area contributed by atoms with Crippen LogP contribution in [-0.2, 0) is 37.0 Å². The minimum atomic E-state index is 0.0884. The molecule has 0 saturated carbocycles. The highest BCUT2D eigenvalue weighted by molar-refractivity contribution is 7.11. The summed E-state index contributed by atoms with van der Waals surface area (Å²) in [6.07, 6.45) is 7.93. The van der Waals surface area contributed by atoms with Crippen molar-refractivity contribution in [3.8, 4) is 0 Å². The van der Waals surface area contributed by atoms with Gasteiger partial charge in [0.15, 0.2) is 0 Å². The summed E-state index contributed by atoms with van der Waals surface area (Å²) in [5.41, 5.74) is 2.47. The summed E-state index contributed by atoms with van der Waals surface area (Å²) in [4.78, 5) is 18.4. The number of nitrogens with zero attached hydrogens (tertiary/aromatic N) is 3. The molecule has 0 fully saturated rings. The molecule has 6 heteroatoms. The lowest BCUT2D eigenvalue weighted by Crippen LogP contribution is -2.36. The normalized spacial score (nSPS) is 19.7. The van der Waals surface area contributed by atoms with Gasteiger partial charge in [-0.25, -0.2) is 4.98 Å². The number of aromatic nitrogens is 3. The van der Waals surface area contributed by atoms with E-state index in [0.717, 1.165) is 32.2 Å². The molecule has 1 aliphatic heterocycles. The minimum absolute atomic E-state index is 0.0884. The van der Waals surface area contributed by atoms with Crippen LogP contribution in [0.2, 0.25) is 0 Å². The molecule has 0 radical (unpaired) electrons. The van der Waals surface area contributed by atoms with E-state index < -0.39 is 0 Å². The molecule has 0 saturated heterocycles. The average Bonchev–Trinajstić information content (AvgIpc) is 3.21. The van der Waals surface area contributed by atoms with Crippen molar-refractivity contribution in [1.29, 1.82) is 0 Å². The van der Waals surface area contributed by atoms with Gasteiger partial charge in [0, 0.05) is 48.6 Å². The van der Waals surface area contributed by atoms with Crippen molar-refractivity contribution < 1.29 is 4.79 Å². The minimum Gasteiger partial charge on any atom is -0.355 e. The Kier molecular flexibility index (Phi) is 3.70. The lowest BCUT2D eigenvalue weighted by atomic mass is 9.95. The van der Waals surface area contributed by atoms with Crippen LogP contribution in [0.15, 0.2) is 12.3 Å². The number of fused-ring (bicyclic) bond motifs is 2. The predicted octanol–water partition coefficient (Wildman–Crippen LogP) is 1.75. The van der Waals surface area contributed by atoms with E-state index in [0.29, 0.717) is 6.54 Å². The fourth-order valence-electron chi connectivity index (χ4n) is 3.38. The Morgan fingerprint density at radius 1 is 1.45 bits per heavy atom. The number of nitrogens with one attached hydrogen (secondary N) is 1. The molecule has 1 N–H and O–H groups in total. The molecule has 3 heterocycles. The third-order valence-electron chi connectivity index (χ3n) is 4.60. The van der Waals surface area contributed by atoms with E-state index in [1.807, 2.05) is 28.3 Å². The summed E-state index contributed by atoms with van der Waals surface area (Å²) < 4.78 is 2.00. The van der Waals surface area contributed by atoms with Crippen LogP contribution < -0.4 is 5.32 Å². The molecule has 0 aromatic carbocycles. The molecule has 1 aliphatic carbocycles. The predicted molar refractivity (Wildman–Crippen MR) is 84.9 cm³/mol. The zero-order valence-corrected chi connectivity index (χ0v) is 13.4. The first-order valence-corrected chi connectivity index (χ1v) is 8.87. The van der Waals surface area contributed by atoms with E-state index in [1.54, 1.807) is 0 Å². The van der Waals surface area contributed by atoms with Gasteiger partial charge in [-0.2, -0.15) is 5.10 Å². The van der Waals surface area contributed by atoms with Crippen LogP contribution in [0.3, 0.4) is 0 Å². The molecule has 1 unspecified atom stereocenters. The molecular formula is C16H20N4OS. The van der Waals surface area contributed by atoms with Gasteiger partial charge in [-0.05, 0) is 31.7 Å². The van der Waals surface area contributed by atoms with Crippen LogP contribution in [0.5, 0.6) is 0 Å². The highest BCUT2D eigenvalue weighted by Gasteiger charge is 2.24. The summed E-state index contributed by atoms with van der Waals surface area (Å²) in [6.45, 7) is 1.54. The molecule has 4 rings (SSSR count). The molecule has 5 nitrogen and oxygen atoms in total. The van der Waals surface area contributed by atoms with Crippen molar-refractivity contribution in [1.82, 2.24) is 20.1 Å². The maximum atomic E-state index is 12.3. The van der Waals surface area contributed by atoms with E-state index in [9.17, 15) is 4.79 Å². The molecule has 116 valence electrons. The van der Waals surface area contributed by atoms with Crippen molar-refractivity contribution in [2.24, 2.45) is 5.92 Å². The molecule has 1 amide bonds. The van der Waals surface area contributed by atoms with Crippen molar-refractivity contribution in [2.45, 2.75) is 45.1 Å². The van der Waals surface area contributed by atoms with Gasteiger partial charge in [0.2, 0.25) is 5.91 Å². The standard InChI is InChI=1S/C16H20N4OS/c21-16(11-6-9-20-12(10-11)4-8-18-20)17-7-5-15-19-13-2-1-3-14(13)22-15/h4,8,11H,1-3,5-7,9-10H2,(H,17,21). The first-order valence-electron chi connectivity index (χ1n) is 8.05. The number of hydrogen-bond acceptors (Lipinski definition) is 4. The number of rotatable bonds is 4. The van der Waals surface area contributed by atoms with E-state index in [2.05, 4.69) is 15.4 Å². The Morgan fingerprint density at radius 3 is 3.32 bits per heavy atom. The van der Waals surface area contributed by atoms with Gasteiger partial charge in [-0.1, -0.05) is 0 Å². The molecule has 0 spiro atoms. The second-order valence-electron chi connectivity index (χ2n) is 6.11. The van der Waals surface area contributed by atoms with E-state index >= 15 is 0 Å². The van der Waals surface area contributed by atoms with E-state index in [4.69, 9.17) is 0 Å². The number of carbonyl (C=O) groups is 1. The molecule has 22 heavy (non-hydrogen) atoms. The van der Waals surface area contributed by atoms with E-state index in [1.165, 1.54) is 34.1 Å². The third kappa shape index (κ3) is 2.67. The Labute approximate surface area is 133 Å². The van der Waals surface area contributed by atoms with Gasteiger partial charge in [-0.3, -0.25) is 9.48 Å². The SMILES string of the molecule is O=C(NCCc1nc2c(s1)CCC2)C1CCn2nccc2C1. The zero-order chi connectivity index (χ0) is 14.9.